The molecule has 1 amide bonds. The Kier molecular flexibility index (Phi) is 5.48. The quantitative estimate of drug-likeness (QED) is 0.630. The molecule has 160 valence electrons. The molecular weight excluding hydrogens is 398 g/mol. The summed E-state index contributed by atoms with van der Waals surface area (Å²) in [6.45, 7) is 1.83. The number of allylic oxidation sites excluding steroid dienone is 1. The van der Waals surface area contributed by atoms with Crippen LogP contribution in [0.5, 0.6) is 17.2 Å². The zero-order valence-electron chi connectivity index (χ0n) is 17.7. The number of nitrogens with one attached hydrogen (secondary N) is 2. The highest BCUT2D eigenvalue weighted by molar-refractivity contribution is 6.06. The topological polar surface area (TPSA) is 99.5 Å². The van der Waals surface area contributed by atoms with Crippen LogP contribution in [0.1, 0.15) is 18.5 Å². The van der Waals surface area contributed by atoms with E-state index in [-0.39, 0.29) is 5.91 Å². The number of carbonyl (C=O) groups is 1. The molecule has 0 fully saturated rings. The SMILES string of the molecule is COc1ccc(C2C(C(=O)Nc3ccccc3OC)=C(C)Nc3ncnn32)c(OC)c1. The van der Waals surface area contributed by atoms with Crippen LogP contribution in [-0.2, 0) is 4.79 Å². The molecule has 0 spiro atoms. The Morgan fingerprint density at radius 1 is 1.06 bits per heavy atom. The minimum absolute atomic E-state index is 0.293. The molecule has 0 radical (unpaired) electrons. The molecule has 9 nitrogen and oxygen atoms in total. The van der Waals surface area contributed by atoms with Crippen molar-refractivity contribution in [3.63, 3.8) is 0 Å². The molecule has 1 aliphatic heterocycles. The molecule has 1 unspecified atom stereocenters. The van der Waals surface area contributed by atoms with Crippen molar-refractivity contribution >= 4 is 17.5 Å². The molecule has 4 rings (SSSR count). The Balaban J connectivity index is 1.81. The number of rotatable bonds is 6. The predicted octanol–water partition coefficient (Wildman–Crippen LogP) is 3.23. The molecule has 0 aliphatic carbocycles. The highest BCUT2D eigenvalue weighted by atomic mass is 16.5. The number of carbonyl (C=O) groups excluding carboxylic acids is 1. The summed E-state index contributed by atoms with van der Waals surface area (Å²) in [5.74, 6) is 2.03. The van der Waals surface area contributed by atoms with Crippen molar-refractivity contribution < 1.29 is 19.0 Å². The van der Waals surface area contributed by atoms with Crippen LogP contribution in [-0.4, -0.2) is 42.0 Å². The van der Waals surface area contributed by atoms with E-state index in [0.29, 0.717) is 40.2 Å². The van der Waals surface area contributed by atoms with Gasteiger partial charge in [-0.05, 0) is 31.2 Å². The second kappa shape index (κ2) is 8.39. The summed E-state index contributed by atoms with van der Waals surface area (Å²) in [6.07, 6.45) is 1.44. The summed E-state index contributed by atoms with van der Waals surface area (Å²) >= 11 is 0. The molecule has 0 saturated carbocycles. The third-order valence-corrected chi connectivity index (χ3v) is 5.13. The van der Waals surface area contributed by atoms with Crippen LogP contribution in [0.2, 0.25) is 0 Å². The van der Waals surface area contributed by atoms with Crippen LogP contribution >= 0.6 is 0 Å². The lowest BCUT2D eigenvalue weighted by molar-refractivity contribution is -0.113. The molecule has 1 aliphatic rings. The molecule has 2 heterocycles. The van der Waals surface area contributed by atoms with Crippen molar-refractivity contribution in [3.05, 3.63) is 65.6 Å². The van der Waals surface area contributed by atoms with Crippen LogP contribution in [0.3, 0.4) is 0 Å². The van der Waals surface area contributed by atoms with Gasteiger partial charge in [-0.15, -0.1) is 0 Å². The van der Waals surface area contributed by atoms with Gasteiger partial charge in [0.25, 0.3) is 5.91 Å². The number of amides is 1. The maximum atomic E-state index is 13.5. The first-order valence-corrected chi connectivity index (χ1v) is 9.61. The van der Waals surface area contributed by atoms with Crippen LogP contribution < -0.4 is 24.8 Å². The van der Waals surface area contributed by atoms with E-state index in [1.807, 2.05) is 31.2 Å². The monoisotopic (exact) mass is 421 g/mol. The predicted molar refractivity (Wildman–Crippen MR) is 116 cm³/mol. The zero-order valence-corrected chi connectivity index (χ0v) is 17.7. The van der Waals surface area contributed by atoms with E-state index in [1.54, 1.807) is 44.2 Å². The average molecular weight is 421 g/mol. The zero-order chi connectivity index (χ0) is 22.0. The summed E-state index contributed by atoms with van der Waals surface area (Å²) in [6, 6.07) is 12.1. The molecular formula is C22H23N5O4. The summed E-state index contributed by atoms with van der Waals surface area (Å²) in [5.41, 5.74) is 2.46. The maximum Gasteiger partial charge on any atom is 0.255 e. The average Bonchev–Trinajstić information content (AvgIpc) is 3.26. The molecule has 1 atom stereocenters. The minimum Gasteiger partial charge on any atom is -0.497 e. The van der Waals surface area contributed by atoms with E-state index in [9.17, 15) is 4.79 Å². The molecule has 3 aromatic rings. The van der Waals surface area contributed by atoms with E-state index in [4.69, 9.17) is 14.2 Å². The smallest absolute Gasteiger partial charge is 0.255 e. The molecule has 31 heavy (non-hydrogen) atoms. The molecule has 9 heteroatoms. The van der Waals surface area contributed by atoms with E-state index >= 15 is 0 Å². The molecule has 2 N–H and O–H groups in total. The number of hydrogen-bond acceptors (Lipinski definition) is 7. The van der Waals surface area contributed by atoms with Crippen LogP contribution in [0, 0.1) is 0 Å². The van der Waals surface area contributed by atoms with Crippen molar-refractivity contribution in [2.75, 3.05) is 32.0 Å². The van der Waals surface area contributed by atoms with E-state index in [1.165, 1.54) is 6.33 Å². The largest absolute Gasteiger partial charge is 0.497 e. The Morgan fingerprint density at radius 2 is 1.84 bits per heavy atom. The van der Waals surface area contributed by atoms with Crippen LogP contribution in [0.25, 0.3) is 0 Å². The van der Waals surface area contributed by atoms with Gasteiger partial charge in [-0.1, -0.05) is 12.1 Å². The van der Waals surface area contributed by atoms with Gasteiger partial charge < -0.3 is 24.8 Å². The van der Waals surface area contributed by atoms with Crippen molar-refractivity contribution in [1.82, 2.24) is 14.8 Å². The Bertz CT molecular complexity index is 1150. The molecule has 2 aromatic carbocycles. The Hall–Kier alpha value is -4.01. The lowest BCUT2D eigenvalue weighted by Gasteiger charge is -2.29. The minimum atomic E-state index is -0.561. The number of hydrogen-bond donors (Lipinski definition) is 2. The van der Waals surface area contributed by atoms with Gasteiger partial charge in [0, 0.05) is 17.3 Å². The second-order valence-electron chi connectivity index (χ2n) is 6.86. The highest BCUT2D eigenvalue weighted by Crippen LogP contribution is 2.40. The molecule has 0 bridgehead atoms. The lowest BCUT2D eigenvalue weighted by Crippen LogP contribution is -2.31. The van der Waals surface area contributed by atoms with Crippen molar-refractivity contribution in [2.45, 2.75) is 13.0 Å². The number of ether oxygens (including phenoxy) is 3. The summed E-state index contributed by atoms with van der Waals surface area (Å²) < 4.78 is 18.0. The third kappa shape index (κ3) is 3.65. The van der Waals surface area contributed by atoms with E-state index in [0.717, 1.165) is 5.56 Å². The summed E-state index contributed by atoms with van der Waals surface area (Å²) in [4.78, 5) is 17.8. The normalized spacial score (nSPS) is 15.0. The first-order chi connectivity index (χ1) is 15.1. The van der Waals surface area contributed by atoms with E-state index in [2.05, 4.69) is 20.7 Å². The molecule has 1 aromatic heterocycles. The lowest BCUT2D eigenvalue weighted by atomic mass is 9.94. The van der Waals surface area contributed by atoms with Gasteiger partial charge in [-0.25, -0.2) is 4.68 Å². The van der Waals surface area contributed by atoms with Gasteiger partial charge in [-0.2, -0.15) is 10.1 Å². The number of benzene rings is 2. The van der Waals surface area contributed by atoms with Crippen molar-refractivity contribution in [3.8, 4) is 17.2 Å². The number of nitrogens with zero attached hydrogens (tertiary/aromatic N) is 3. The van der Waals surface area contributed by atoms with Gasteiger partial charge in [-0.3, -0.25) is 4.79 Å². The number of para-hydroxylation sites is 2. The highest BCUT2D eigenvalue weighted by Gasteiger charge is 2.35. The maximum absolute atomic E-state index is 13.5. The van der Waals surface area contributed by atoms with Crippen LogP contribution in [0.15, 0.2) is 60.1 Å². The van der Waals surface area contributed by atoms with Gasteiger partial charge >= 0.3 is 0 Å². The number of aromatic nitrogens is 3. The Labute approximate surface area is 179 Å². The Morgan fingerprint density at radius 3 is 2.58 bits per heavy atom. The fraction of sp³-hybridized carbons (Fsp3) is 0.227. The fourth-order valence-electron chi connectivity index (χ4n) is 3.65. The van der Waals surface area contributed by atoms with Crippen LogP contribution in [0.4, 0.5) is 11.6 Å². The van der Waals surface area contributed by atoms with Gasteiger partial charge in [0.15, 0.2) is 0 Å². The van der Waals surface area contributed by atoms with E-state index < -0.39 is 6.04 Å². The first-order valence-electron chi connectivity index (χ1n) is 9.61. The van der Waals surface area contributed by atoms with Gasteiger partial charge in [0.05, 0.1) is 32.6 Å². The number of fused-ring (bicyclic) bond motifs is 1. The number of anilines is 2. The van der Waals surface area contributed by atoms with Gasteiger partial charge in [0.2, 0.25) is 5.95 Å². The summed E-state index contributed by atoms with van der Waals surface area (Å²) in [5, 5.41) is 10.5. The van der Waals surface area contributed by atoms with Crippen molar-refractivity contribution in [2.24, 2.45) is 0 Å². The summed E-state index contributed by atoms with van der Waals surface area (Å²) in [7, 11) is 4.72. The second-order valence-corrected chi connectivity index (χ2v) is 6.86. The fourth-order valence-corrected chi connectivity index (χ4v) is 3.65. The molecule has 0 saturated heterocycles. The first kappa shape index (κ1) is 20.3. The standard InChI is InChI=1S/C22H23N5O4/c1-13-19(21(28)26-16-7-5-6-8-17(16)30-3)20(27-22(25-13)23-12-24-27)15-10-9-14(29-2)11-18(15)31-4/h5-12,20H,1-4H3,(H,26,28)(H,23,24,25). The van der Waals surface area contributed by atoms with Gasteiger partial charge in [0.1, 0.15) is 29.6 Å². The number of methoxy groups -OCH3 is 3. The third-order valence-electron chi connectivity index (χ3n) is 5.13. The van der Waals surface area contributed by atoms with Crippen molar-refractivity contribution in [1.29, 1.82) is 0 Å².